The quantitative estimate of drug-likeness (QED) is 0.358. The van der Waals surface area contributed by atoms with Crippen LogP contribution in [0.25, 0.3) is 16.5 Å². The number of fused-ring (bicyclic) bond motifs is 1. The maximum Gasteiger partial charge on any atom is 0.326 e. The molecule has 202 valence electrons. The molecule has 8 nitrogen and oxygen atoms in total. The molecular formula is C32H30N4O4. The van der Waals surface area contributed by atoms with Gasteiger partial charge < -0.3 is 15.3 Å². The summed E-state index contributed by atoms with van der Waals surface area (Å²) in [7, 11) is 0. The van der Waals surface area contributed by atoms with Crippen LogP contribution >= 0.6 is 0 Å². The number of carboxylic acid groups (broad SMARTS) is 1. The molecule has 2 heterocycles. The van der Waals surface area contributed by atoms with Gasteiger partial charge in [0.05, 0.1) is 17.3 Å². The highest BCUT2D eigenvalue weighted by atomic mass is 16.4. The topological polar surface area (TPSA) is 112 Å². The largest absolute Gasteiger partial charge is 0.480 e. The number of nitrogens with one attached hydrogen (secondary N) is 1. The first-order valence-corrected chi connectivity index (χ1v) is 13.2. The third-order valence-corrected chi connectivity index (χ3v) is 7.35. The number of carbonyl (C=O) groups excluding carboxylic acids is 2. The number of aliphatic carboxylic acids is 1. The van der Waals surface area contributed by atoms with Crippen LogP contribution in [0.3, 0.4) is 0 Å². The summed E-state index contributed by atoms with van der Waals surface area (Å²) in [6, 6.07) is 19.7. The van der Waals surface area contributed by atoms with E-state index in [2.05, 4.69) is 21.6 Å². The van der Waals surface area contributed by atoms with Crippen LogP contribution in [0.2, 0.25) is 0 Å². The van der Waals surface area contributed by atoms with Crippen LogP contribution in [0.4, 0.5) is 0 Å². The summed E-state index contributed by atoms with van der Waals surface area (Å²) in [5, 5.41) is 21.4. The van der Waals surface area contributed by atoms with Crippen LogP contribution < -0.4 is 5.32 Å². The molecule has 4 aromatic rings. The van der Waals surface area contributed by atoms with E-state index in [-0.39, 0.29) is 18.2 Å². The molecule has 3 aromatic carbocycles. The van der Waals surface area contributed by atoms with Gasteiger partial charge in [-0.2, -0.15) is 10.2 Å². The highest BCUT2D eigenvalue weighted by molar-refractivity contribution is 6.05. The lowest BCUT2D eigenvalue weighted by molar-refractivity contribution is -0.139. The SMILES string of the molecule is Cc1cccc(C)c1C(=O)N[C@@H](Cc1ccc(C2=CCN(C(=O)c3cnnc4ccccc34)CC2)cc1)C(=O)O. The van der Waals surface area contributed by atoms with Gasteiger partial charge in [0.1, 0.15) is 6.04 Å². The Morgan fingerprint density at radius 1 is 0.975 bits per heavy atom. The number of aromatic nitrogens is 2. The Hall–Kier alpha value is -4.85. The summed E-state index contributed by atoms with van der Waals surface area (Å²) in [4.78, 5) is 39.8. The van der Waals surface area contributed by atoms with Crippen LogP contribution in [-0.4, -0.2) is 57.1 Å². The molecule has 0 fully saturated rings. The number of amides is 2. The molecule has 0 bridgehead atoms. The molecule has 2 amide bonds. The number of hydrogen-bond acceptors (Lipinski definition) is 5. The van der Waals surface area contributed by atoms with E-state index in [1.165, 1.54) is 6.20 Å². The van der Waals surface area contributed by atoms with Gasteiger partial charge in [-0.15, -0.1) is 0 Å². The second-order valence-electron chi connectivity index (χ2n) is 10.0. The van der Waals surface area contributed by atoms with Gasteiger partial charge in [0.25, 0.3) is 11.8 Å². The second-order valence-corrected chi connectivity index (χ2v) is 10.0. The molecular weight excluding hydrogens is 504 g/mol. The number of aryl methyl sites for hydroxylation is 2. The van der Waals surface area contributed by atoms with Crippen LogP contribution in [0.1, 0.15) is 49.4 Å². The minimum absolute atomic E-state index is 0.0700. The number of benzene rings is 3. The van der Waals surface area contributed by atoms with Gasteiger partial charge in [-0.1, -0.05) is 66.7 Å². The molecule has 1 atom stereocenters. The summed E-state index contributed by atoms with van der Waals surface area (Å²) in [5.74, 6) is -1.54. The normalized spacial score (nSPS) is 13.9. The molecule has 0 saturated carbocycles. The van der Waals surface area contributed by atoms with Gasteiger partial charge in [-0.3, -0.25) is 9.59 Å². The molecule has 40 heavy (non-hydrogen) atoms. The Bertz CT molecular complexity index is 1600. The highest BCUT2D eigenvalue weighted by Crippen LogP contribution is 2.25. The summed E-state index contributed by atoms with van der Waals surface area (Å²) in [6.07, 6.45) is 4.45. The van der Waals surface area contributed by atoms with Crippen molar-refractivity contribution in [1.82, 2.24) is 20.4 Å². The molecule has 0 radical (unpaired) electrons. The molecule has 0 aliphatic carbocycles. The Balaban J connectivity index is 1.24. The van der Waals surface area contributed by atoms with E-state index in [4.69, 9.17) is 0 Å². The van der Waals surface area contributed by atoms with Crippen LogP contribution in [-0.2, 0) is 11.2 Å². The predicted molar refractivity (Wildman–Crippen MR) is 153 cm³/mol. The van der Waals surface area contributed by atoms with Gasteiger partial charge in [0.2, 0.25) is 0 Å². The van der Waals surface area contributed by atoms with Crippen LogP contribution in [0.15, 0.2) is 79.0 Å². The first-order valence-electron chi connectivity index (χ1n) is 13.2. The standard InChI is InChI=1S/C32H30N4O4/c1-20-6-5-7-21(2)29(20)30(37)34-28(32(39)40)18-22-10-12-23(13-11-22)24-14-16-36(17-15-24)31(38)26-19-33-35-27-9-4-3-8-25(26)27/h3-14,19,28H,15-18H2,1-2H3,(H,34,37)(H,39,40)/t28-/m0/s1. The van der Waals surface area contributed by atoms with Crippen molar-refractivity contribution in [2.24, 2.45) is 0 Å². The number of hydrogen-bond donors (Lipinski definition) is 2. The zero-order valence-electron chi connectivity index (χ0n) is 22.4. The summed E-state index contributed by atoms with van der Waals surface area (Å²) >= 11 is 0. The zero-order valence-corrected chi connectivity index (χ0v) is 22.4. The molecule has 5 rings (SSSR count). The van der Waals surface area contributed by atoms with E-state index in [0.29, 0.717) is 36.2 Å². The molecule has 1 aliphatic heterocycles. The fourth-order valence-corrected chi connectivity index (χ4v) is 5.16. The molecule has 1 aliphatic rings. The third-order valence-electron chi connectivity index (χ3n) is 7.35. The Kier molecular flexibility index (Phi) is 7.68. The first kappa shape index (κ1) is 26.7. The van der Waals surface area contributed by atoms with E-state index in [9.17, 15) is 19.5 Å². The molecule has 0 spiro atoms. The van der Waals surface area contributed by atoms with Gasteiger partial charge in [-0.25, -0.2) is 4.79 Å². The van der Waals surface area contributed by atoms with Crippen molar-refractivity contribution in [3.8, 4) is 0 Å². The monoisotopic (exact) mass is 534 g/mol. The van der Waals surface area contributed by atoms with Crippen molar-refractivity contribution >= 4 is 34.3 Å². The van der Waals surface area contributed by atoms with Crippen LogP contribution in [0, 0.1) is 13.8 Å². The Labute approximate surface area is 232 Å². The van der Waals surface area contributed by atoms with Crippen molar-refractivity contribution in [1.29, 1.82) is 0 Å². The Morgan fingerprint density at radius 2 is 1.70 bits per heavy atom. The number of nitrogens with zero attached hydrogens (tertiary/aromatic N) is 3. The van der Waals surface area contributed by atoms with E-state index in [0.717, 1.165) is 33.2 Å². The van der Waals surface area contributed by atoms with E-state index in [1.54, 1.807) is 4.90 Å². The molecule has 0 saturated heterocycles. The zero-order chi connectivity index (χ0) is 28.2. The molecule has 8 heteroatoms. The smallest absolute Gasteiger partial charge is 0.326 e. The number of rotatable bonds is 7. The fourth-order valence-electron chi connectivity index (χ4n) is 5.16. The summed E-state index contributed by atoms with van der Waals surface area (Å²) in [5.41, 5.74) is 6.32. The van der Waals surface area contributed by atoms with Gasteiger partial charge >= 0.3 is 5.97 Å². The summed E-state index contributed by atoms with van der Waals surface area (Å²) in [6.45, 7) is 4.74. The molecule has 2 N–H and O–H groups in total. The molecule has 1 aromatic heterocycles. The lowest BCUT2D eigenvalue weighted by atomic mass is 9.96. The van der Waals surface area contributed by atoms with Crippen LogP contribution in [0.5, 0.6) is 0 Å². The van der Waals surface area contributed by atoms with Crippen molar-refractivity contribution in [3.63, 3.8) is 0 Å². The maximum absolute atomic E-state index is 13.2. The van der Waals surface area contributed by atoms with Crippen molar-refractivity contribution in [2.75, 3.05) is 13.1 Å². The minimum Gasteiger partial charge on any atom is -0.480 e. The van der Waals surface area contributed by atoms with Crippen molar-refractivity contribution in [2.45, 2.75) is 32.7 Å². The van der Waals surface area contributed by atoms with E-state index >= 15 is 0 Å². The third kappa shape index (κ3) is 5.61. The average molecular weight is 535 g/mol. The Morgan fingerprint density at radius 3 is 2.38 bits per heavy atom. The van der Waals surface area contributed by atoms with E-state index < -0.39 is 12.0 Å². The van der Waals surface area contributed by atoms with E-state index in [1.807, 2.05) is 80.6 Å². The predicted octanol–water partition coefficient (Wildman–Crippen LogP) is 4.60. The van der Waals surface area contributed by atoms with Gasteiger partial charge in [0, 0.05) is 30.5 Å². The van der Waals surface area contributed by atoms with Gasteiger partial charge in [0.15, 0.2) is 0 Å². The minimum atomic E-state index is -1.08. The number of carbonyl (C=O) groups is 3. The number of carboxylic acids is 1. The average Bonchev–Trinajstić information content (AvgIpc) is 2.96. The fraction of sp³-hybridized carbons (Fsp3) is 0.219. The summed E-state index contributed by atoms with van der Waals surface area (Å²) < 4.78 is 0. The lowest BCUT2D eigenvalue weighted by Gasteiger charge is -2.27. The highest BCUT2D eigenvalue weighted by Gasteiger charge is 2.24. The maximum atomic E-state index is 13.2. The first-order chi connectivity index (χ1) is 19.3. The van der Waals surface area contributed by atoms with Crippen molar-refractivity contribution < 1.29 is 19.5 Å². The van der Waals surface area contributed by atoms with Crippen molar-refractivity contribution in [3.05, 3.63) is 112 Å². The second kappa shape index (κ2) is 11.5. The van der Waals surface area contributed by atoms with Gasteiger partial charge in [-0.05, 0) is 54.2 Å². The lowest BCUT2D eigenvalue weighted by Crippen LogP contribution is -2.42. The molecule has 0 unspecified atom stereocenters.